The second-order valence-corrected chi connectivity index (χ2v) is 10.0. The van der Waals surface area contributed by atoms with E-state index in [-0.39, 0.29) is 5.60 Å². The average Bonchev–Trinajstić information content (AvgIpc) is 2.34. The van der Waals surface area contributed by atoms with Crippen LogP contribution in [0.3, 0.4) is 0 Å². The molecular weight excluding hydrogens is 256 g/mol. The molecule has 0 aromatic carbocycles. The second kappa shape index (κ2) is 4.73. The molecule has 0 amide bonds. The topological polar surface area (TPSA) is 20.2 Å². The lowest BCUT2D eigenvalue weighted by atomic mass is 9.54. The molecule has 8 aliphatic carbocycles. The molecule has 21 heavy (non-hydrogen) atoms. The third kappa shape index (κ3) is 2.48. The largest absolute Gasteiger partial charge is 0.390 e. The molecule has 1 heteroatoms. The molecule has 0 unspecified atom stereocenters. The second-order valence-electron chi connectivity index (χ2n) is 10.0. The summed E-state index contributed by atoms with van der Waals surface area (Å²) in [5.41, 5.74) is -0.200. The Morgan fingerprint density at radius 3 is 0.905 bits per heavy atom. The van der Waals surface area contributed by atoms with E-state index in [1.165, 1.54) is 42.9 Å². The minimum atomic E-state index is -0.200. The molecule has 1 N–H and O–H groups in total. The molecule has 0 aromatic rings. The Balaban J connectivity index is 0.0000000996. The number of hydrogen-bond donors (Lipinski definition) is 1. The van der Waals surface area contributed by atoms with E-state index in [0.717, 1.165) is 37.0 Å². The Hall–Kier alpha value is -0.0400. The molecule has 0 heterocycles. The number of rotatable bonds is 0. The van der Waals surface area contributed by atoms with Crippen molar-refractivity contribution in [3.05, 3.63) is 0 Å². The van der Waals surface area contributed by atoms with E-state index in [1.807, 2.05) is 0 Å². The molecule has 0 aliphatic heterocycles. The highest BCUT2D eigenvalue weighted by Gasteiger charge is 2.49. The fourth-order valence-electron chi connectivity index (χ4n) is 8.05. The highest BCUT2D eigenvalue weighted by atomic mass is 16.3. The van der Waals surface area contributed by atoms with E-state index < -0.39 is 0 Å². The maximum Gasteiger partial charge on any atom is 0.0655 e. The van der Waals surface area contributed by atoms with Crippen molar-refractivity contribution in [2.24, 2.45) is 41.4 Å². The Kier molecular flexibility index (Phi) is 3.02. The summed E-state index contributed by atoms with van der Waals surface area (Å²) < 4.78 is 0. The van der Waals surface area contributed by atoms with Crippen molar-refractivity contribution in [1.82, 2.24) is 0 Å². The number of aliphatic hydroxyl groups is 1. The van der Waals surface area contributed by atoms with E-state index in [1.54, 1.807) is 38.5 Å². The van der Waals surface area contributed by atoms with Gasteiger partial charge in [0, 0.05) is 0 Å². The van der Waals surface area contributed by atoms with Gasteiger partial charge < -0.3 is 5.11 Å². The lowest BCUT2D eigenvalue weighted by Crippen LogP contribution is -2.50. The van der Waals surface area contributed by atoms with Crippen LogP contribution < -0.4 is 0 Å². The van der Waals surface area contributed by atoms with Gasteiger partial charge in [0.25, 0.3) is 0 Å². The molecule has 8 aliphatic rings. The van der Waals surface area contributed by atoms with Gasteiger partial charge in [-0.1, -0.05) is 0 Å². The smallest absolute Gasteiger partial charge is 0.0655 e. The van der Waals surface area contributed by atoms with E-state index in [0.29, 0.717) is 0 Å². The summed E-state index contributed by atoms with van der Waals surface area (Å²) >= 11 is 0. The van der Waals surface area contributed by atoms with Crippen LogP contribution in [0, 0.1) is 41.4 Å². The summed E-state index contributed by atoms with van der Waals surface area (Å²) in [5.74, 6) is 7.39. The lowest BCUT2D eigenvalue weighted by Gasteiger charge is -2.54. The van der Waals surface area contributed by atoms with Crippen molar-refractivity contribution in [2.75, 3.05) is 0 Å². The molecule has 0 atom stereocenters. The van der Waals surface area contributed by atoms with Crippen LogP contribution in [0.5, 0.6) is 0 Å². The molecule has 8 rings (SSSR count). The molecule has 0 aromatic heterocycles. The van der Waals surface area contributed by atoms with Crippen LogP contribution in [-0.4, -0.2) is 10.7 Å². The Bertz CT molecular complexity index is 320. The van der Waals surface area contributed by atoms with Gasteiger partial charge in [-0.15, -0.1) is 0 Å². The van der Waals surface area contributed by atoms with Gasteiger partial charge in [-0.05, 0) is 118 Å². The highest BCUT2D eigenvalue weighted by Crippen LogP contribution is 2.55. The normalized spacial score (nSPS) is 59.0. The lowest BCUT2D eigenvalue weighted by molar-refractivity contribution is -0.124. The molecule has 8 fully saturated rings. The van der Waals surface area contributed by atoms with Gasteiger partial charge in [-0.2, -0.15) is 0 Å². The predicted molar refractivity (Wildman–Crippen MR) is 84.8 cm³/mol. The molecule has 0 spiro atoms. The van der Waals surface area contributed by atoms with Gasteiger partial charge in [0.15, 0.2) is 0 Å². The fraction of sp³-hybridized carbons (Fsp3) is 1.00. The fourth-order valence-corrected chi connectivity index (χ4v) is 8.05. The third-order valence-electron chi connectivity index (χ3n) is 8.01. The van der Waals surface area contributed by atoms with E-state index in [2.05, 4.69) is 0 Å². The van der Waals surface area contributed by atoms with Crippen LogP contribution in [0.25, 0.3) is 0 Å². The Morgan fingerprint density at radius 2 is 0.667 bits per heavy atom. The van der Waals surface area contributed by atoms with Gasteiger partial charge >= 0.3 is 0 Å². The zero-order chi connectivity index (χ0) is 14.0. The summed E-state index contributed by atoms with van der Waals surface area (Å²) in [4.78, 5) is 0. The first-order valence-corrected chi connectivity index (χ1v) is 9.86. The van der Waals surface area contributed by atoms with E-state index in [4.69, 9.17) is 0 Å². The molecular formula is C20H32O. The molecule has 0 saturated heterocycles. The van der Waals surface area contributed by atoms with Crippen LogP contribution in [-0.2, 0) is 0 Å². The maximum atomic E-state index is 10.1. The van der Waals surface area contributed by atoms with Crippen LogP contribution in [0.2, 0.25) is 0 Å². The summed E-state index contributed by atoms with van der Waals surface area (Å²) in [7, 11) is 0. The average molecular weight is 288 g/mol. The van der Waals surface area contributed by atoms with E-state index >= 15 is 0 Å². The summed E-state index contributed by atoms with van der Waals surface area (Å²) in [6, 6.07) is 0. The standard InChI is InChI=1S/C10H16O.C10H16/c11-10-4-7-1-8(5-10)3-9(2-7)6-10;1-7-2-9-4-8(1)5-10(3-7)6-9/h7-9,11H,1-6H2;7-10H,1-6H2. The van der Waals surface area contributed by atoms with Crippen molar-refractivity contribution < 1.29 is 5.11 Å². The quantitative estimate of drug-likeness (QED) is 0.680. The van der Waals surface area contributed by atoms with Crippen LogP contribution in [0.4, 0.5) is 0 Å². The summed E-state index contributed by atoms with van der Waals surface area (Å²) in [6.07, 6.45) is 17.3. The predicted octanol–water partition coefficient (Wildman–Crippen LogP) is 4.78. The summed E-state index contributed by atoms with van der Waals surface area (Å²) in [6.45, 7) is 0. The molecule has 118 valence electrons. The zero-order valence-electron chi connectivity index (χ0n) is 13.5. The van der Waals surface area contributed by atoms with Crippen molar-refractivity contribution >= 4 is 0 Å². The number of hydrogen-bond acceptors (Lipinski definition) is 1. The maximum absolute atomic E-state index is 10.1. The SMILES string of the molecule is C1C2CC3CC1CC(C2)C3.OC12CC3CC(CC(C3)C1)C2. The van der Waals surface area contributed by atoms with Gasteiger partial charge in [-0.3, -0.25) is 0 Å². The molecule has 1 nitrogen and oxygen atoms in total. The Labute approximate surface area is 129 Å². The first-order chi connectivity index (χ1) is 10.1. The van der Waals surface area contributed by atoms with E-state index in [9.17, 15) is 5.11 Å². The van der Waals surface area contributed by atoms with Crippen molar-refractivity contribution in [3.63, 3.8) is 0 Å². The first-order valence-electron chi connectivity index (χ1n) is 9.86. The first kappa shape index (κ1) is 13.4. The molecule has 8 bridgehead atoms. The van der Waals surface area contributed by atoms with Crippen LogP contribution in [0.1, 0.15) is 77.0 Å². The minimum absolute atomic E-state index is 0.200. The monoisotopic (exact) mass is 288 g/mol. The van der Waals surface area contributed by atoms with Gasteiger partial charge in [-0.25, -0.2) is 0 Å². The third-order valence-corrected chi connectivity index (χ3v) is 8.01. The molecule has 0 radical (unpaired) electrons. The summed E-state index contributed by atoms with van der Waals surface area (Å²) in [5, 5.41) is 10.1. The van der Waals surface area contributed by atoms with Gasteiger partial charge in [0.2, 0.25) is 0 Å². The Morgan fingerprint density at radius 1 is 0.429 bits per heavy atom. The van der Waals surface area contributed by atoms with Crippen molar-refractivity contribution in [1.29, 1.82) is 0 Å². The van der Waals surface area contributed by atoms with Crippen molar-refractivity contribution in [3.8, 4) is 0 Å². The van der Waals surface area contributed by atoms with Crippen molar-refractivity contribution in [2.45, 2.75) is 82.7 Å². The molecule has 8 saturated carbocycles. The highest BCUT2D eigenvalue weighted by molar-refractivity contribution is 5.01. The minimum Gasteiger partial charge on any atom is -0.390 e. The zero-order valence-corrected chi connectivity index (χ0v) is 13.5. The van der Waals surface area contributed by atoms with Gasteiger partial charge in [0.1, 0.15) is 0 Å². The van der Waals surface area contributed by atoms with Gasteiger partial charge in [0.05, 0.1) is 5.60 Å². The van der Waals surface area contributed by atoms with Crippen LogP contribution >= 0.6 is 0 Å². The van der Waals surface area contributed by atoms with Crippen LogP contribution in [0.15, 0.2) is 0 Å².